The van der Waals surface area contributed by atoms with E-state index in [4.69, 9.17) is 0 Å². The molecule has 0 aromatic carbocycles. The fourth-order valence-corrected chi connectivity index (χ4v) is 1.41. The Morgan fingerprint density at radius 1 is 1.50 bits per heavy atom. The lowest BCUT2D eigenvalue weighted by Crippen LogP contribution is -2.39. The Labute approximate surface area is 106 Å². The van der Waals surface area contributed by atoms with Crippen LogP contribution in [0.25, 0.3) is 0 Å². The average molecular weight is 253 g/mol. The number of methoxy groups -OCH3 is 1. The number of carbonyl (C=O) groups excluding carboxylic acids is 2. The highest BCUT2D eigenvalue weighted by Gasteiger charge is 2.29. The van der Waals surface area contributed by atoms with Gasteiger partial charge in [0.25, 0.3) is 5.91 Å². The molecule has 0 unspecified atom stereocenters. The van der Waals surface area contributed by atoms with Gasteiger partial charge in [-0.05, 0) is 20.8 Å². The standard InChI is InChI=1S/C12H19N3O3/c1-5-15-7-9(6-14-15)10(16)13-8-12(2,3)11(17)18-4/h6-7H,5,8H2,1-4H3,(H,13,16). The molecular formula is C12H19N3O3. The van der Waals surface area contributed by atoms with Crippen molar-refractivity contribution in [1.82, 2.24) is 15.1 Å². The summed E-state index contributed by atoms with van der Waals surface area (Å²) in [6.45, 7) is 6.30. The van der Waals surface area contributed by atoms with Crippen LogP contribution in [0.5, 0.6) is 0 Å². The minimum Gasteiger partial charge on any atom is -0.469 e. The Bertz CT molecular complexity index is 438. The predicted molar refractivity (Wildman–Crippen MR) is 66.0 cm³/mol. The van der Waals surface area contributed by atoms with Gasteiger partial charge in [0.1, 0.15) is 0 Å². The highest BCUT2D eigenvalue weighted by molar-refractivity contribution is 5.94. The SMILES string of the molecule is CCn1cc(C(=O)NCC(C)(C)C(=O)OC)cn1. The van der Waals surface area contributed by atoms with Crippen molar-refractivity contribution in [3.8, 4) is 0 Å². The van der Waals surface area contributed by atoms with E-state index in [1.165, 1.54) is 13.3 Å². The van der Waals surface area contributed by atoms with Crippen LogP contribution in [0.2, 0.25) is 0 Å². The molecule has 1 aromatic heterocycles. The Morgan fingerprint density at radius 2 is 2.17 bits per heavy atom. The molecule has 18 heavy (non-hydrogen) atoms. The van der Waals surface area contributed by atoms with E-state index in [9.17, 15) is 9.59 Å². The van der Waals surface area contributed by atoms with Gasteiger partial charge in [-0.2, -0.15) is 5.10 Å². The molecule has 0 atom stereocenters. The Kier molecular flexibility index (Phi) is 4.47. The molecule has 0 aliphatic heterocycles. The van der Waals surface area contributed by atoms with Crippen molar-refractivity contribution in [3.05, 3.63) is 18.0 Å². The monoisotopic (exact) mass is 253 g/mol. The molecule has 0 bridgehead atoms. The van der Waals surface area contributed by atoms with E-state index in [-0.39, 0.29) is 18.4 Å². The quantitative estimate of drug-likeness (QED) is 0.789. The molecular weight excluding hydrogens is 234 g/mol. The molecule has 0 saturated heterocycles. The highest BCUT2D eigenvalue weighted by Crippen LogP contribution is 2.15. The minimum absolute atomic E-state index is 0.218. The maximum Gasteiger partial charge on any atom is 0.313 e. The van der Waals surface area contributed by atoms with Crippen LogP contribution >= 0.6 is 0 Å². The summed E-state index contributed by atoms with van der Waals surface area (Å²) in [5.41, 5.74) is -0.261. The van der Waals surface area contributed by atoms with Crippen molar-refractivity contribution in [2.45, 2.75) is 27.3 Å². The van der Waals surface area contributed by atoms with Gasteiger partial charge >= 0.3 is 5.97 Å². The Morgan fingerprint density at radius 3 is 2.67 bits per heavy atom. The second-order valence-electron chi connectivity index (χ2n) is 4.64. The van der Waals surface area contributed by atoms with Crippen molar-refractivity contribution in [2.24, 2.45) is 5.41 Å². The first kappa shape index (κ1) is 14.2. The molecule has 1 amide bonds. The van der Waals surface area contributed by atoms with Crippen LogP contribution in [0.3, 0.4) is 0 Å². The third kappa shape index (κ3) is 3.32. The summed E-state index contributed by atoms with van der Waals surface area (Å²) < 4.78 is 6.33. The second kappa shape index (κ2) is 5.66. The zero-order valence-electron chi connectivity index (χ0n) is 11.2. The normalized spacial score (nSPS) is 11.1. The molecule has 0 fully saturated rings. The average Bonchev–Trinajstić information content (AvgIpc) is 2.83. The number of aryl methyl sites for hydroxylation is 1. The molecule has 100 valence electrons. The van der Waals surface area contributed by atoms with Gasteiger partial charge in [0.2, 0.25) is 0 Å². The van der Waals surface area contributed by atoms with Crippen molar-refractivity contribution in [2.75, 3.05) is 13.7 Å². The van der Waals surface area contributed by atoms with E-state index in [0.717, 1.165) is 0 Å². The first-order valence-corrected chi connectivity index (χ1v) is 5.79. The molecule has 1 rings (SSSR count). The summed E-state index contributed by atoms with van der Waals surface area (Å²) in [5, 5.41) is 6.71. The number of esters is 1. The molecule has 1 heterocycles. The summed E-state index contributed by atoms with van der Waals surface area (Å²) in [5.74, 6) is -0.598. The first-order valence-electron chi connectivity index (χ1n) is 5.79. The predicted octanol–water partition coefficient (Wildman–Crippen LogP) is 0.832. The number of ether oxygens (including phenoxy) is 1. The molecule has 0 radical (unpaired) electrons. The number of amides is 1. The highest BCUT2D eigenvalue weighted by atomic mass is 16.5. The lowest BCUT2D eigenvalue weighted by molar-refractivity contribution is -0.150. The first-order chi connectivity index (χ1) is 8.40. The van der Waals surface area contributed by atoms with Crippen LogP contribution in [0.4, 0.5) is 0 Å². The van der Waals surface area contributed by atoms with Crippen molar-refractivity contribution >= 4 is 11.9 Å². The zero-order valence-corrected chi connectivity index (χ0v) is 11.2. The van der Waals surface area contributed by atoms with Gasteiger partial charge in [-0.15, -0.1) is 0 Å². The molecule has 6 nitrogen and oxygen atoms in total. The van der Waals surface area contributed by atoms with Crippen LogP contribution in [-0.2, 0) is 16.1 Å². The van der Waals surface area contributed by atoms with Crippen LogP contribution in [0, 0.1) is 5.41 Å². The molecule has 6 heteroatoms. The fraction of sp³-hybridized carbons (Fsp3) is 0.583. The van der Waals surface area contributed by atoms with Gasteiger partial charge in [0, 0.05) is 19.3 Å². The lowest BCUT2D eigenvalue weighted by Gasteiger charge is -2.21. The second-order valence-corrected chi connectivity index (χ2v) is 4.64. The van der Waals surface area contributed by atoms with Gasteiger partial charge in [0.05, 0.1) is 24.3 Å². The maximum atomic E-state index is 11.8. The minimum atomic E-state index is -0.745. The number of carbonyl (C=O) groups is 2. The zero-order chi connectivity index (χ0) is 13.8. The van der Waals surface area contributed by atoms with E-state index in [2.05, 4.69) is 15.2 Å². The van der Waals surface area contributed by atoms with E-state index in [1.807, 2.05) is 6.92 Å². The van der Waals surface area contributed by atoms with Gasteiger partial charge in [-0.25, -0.2) is 0 Å². The molecule has 1 aromatic rings. The van der Waals surface area contributed by atoms with Crippen molar-refractivity contribution in [3.63, 3.8) is 0 Å². The number of aromatic nitrogens is 2. The number of rotatable bonds is 5. The number of hydrogen-bond donors (Lipinski definition) is 1. The molecule has 1 N–H and O–H groups in total. The van der Waals surface area contributed by atoms with E-state index in [1.54, 1.807) is 24.7 Å². The summed E-state index contributed by atoms with van der Waals surface area (Å²) in [4.78, 5) is 23.3. The fourth-order valence-electron chi connectivity index (χ4n) is 1.41. The Hall–Kier alpha value is -1.85. The van der Waals surface area contributed by atoms with Crippen molar-refractivity contribution < 1.29 is 14.3 Å². The largest absolute Gasteiger partial charge is 0.469 e. The van der Waals surface area contributed by atoms with E-state index < -0.39 is 5.41 Å². The Balaban J connectivity index is 2.58. The van der Waals surface area contributed by atoms with Crippen molar-refractivity contribution in [1.29, 1.82) is 0 Å². The smallest absolute Gasteiger partial charge is 0.313 e. The van der Waals surface area contributed by atoms with Gasteiger partial charge in [-0.1, -0.05) is 0 Å². The molecule has 0 spiro atoms. The molecule has 0 saturated carbocycles. The van der Waals surface area contributed by atoms with Crippen LogP contribution in [-0.4, -0.2) is 35.3 Å². The van der Waals surface area contributed by atoms with E-state index >= 15 is 0 Å². The number of hydrogen-bond acceptors (Lipinski definition) is 4. The van der Waals surface area contributed by atoms with Gasteiger partial charge < -0.3 is 10.1 Å². The van der Waals surface area contributed by atoms with Gasteiger partial charge in [-0.3, -0.25) is 14.3 Å². The van der Waals surface area contributed by atoms with Gasteiger partial charge in [0.15, 0.2) is 0 Å². The topological polar surface area (TPSA) is 73.2 Å². The lowest BCUT2D eigenvalue weighted by atomic mass is 9.94. The third-order valence-electron chi connectivity index (χ3n) is 2.65. The summed E-state index contributed by atoms with van der Waals surface area (Å²) in [7, 11) is 1.33. The number of nitrogens with one attached hydrogen (secondary N) is 1. The summed E-state index contributed by atoms with van der Waals surface area (Å²) in [6.07, 6.45) is 3.17. The van der Waals surface area contributed by atoms with Crippen LogP contribution < -0.4 is 5.32 Å². The molecule has 0 aliphatic carbocycles. The van der Waals surface area contributed by atoms with E-state index in [0.29, 0.717) is 12.1 Å². The molecule has 0 aliphatic rings. The maximum absolute atomic E-state index is 11.8. The summed E-state index contributed by atoms with van der Waals surface area (Å²) >= 11 is 0. The van der Waals surface area contributed by atoms with Crippen LogP contribution in [0.15, 0.2) is 12.4 Å². The number of nitrogens with zero attached hydrogens (tertiary/aromatic N) is 2. The summed E-state index contributed by atoms with van der Waals surface area (Å²) in [6, 6.07) is 0. The van der Waals surface area contributed by atoms with Crippen LogP contribution in [0.1, 0.15) is 31.1 Å². The third-order valence-corrected chi connectivity index (χ3v) is 2.65.